The Hall–Kier alpha value is -1.50. The van der Waals surface area contributed by atoms with Crippen molar-refractivity contribution in [2.45, 2.75) is 478 Å². The highest BCUT2D eigenvalue weighted by Gasteiger charge is 2.19. The van der Waals surface area contributed by atoms with Gasteiger partial charge < -0.3 is 14.7 Å². The maximum absolute atomic E-state index is 2.94. The topological polar surface area (TPSA) is 16.2 Å². The van der Waals surface area contributed by atoms with Crippen molar-refractivity contribution in [3.05, 3.63) is 60.8 Å². The fraction of sp³-hybridized carbons (Fsp3) is 0.899. The number of allylic oxidation sites excluding steroid dienone is 10. The van der Waals surface area contributed by atoms with E-state index in [1.165, 1.54) is 541 Å². The Labute approximate surface area is 657 Å². The van der Waals surface area contributed by atoms with Gasteiger partial charge in [0.1, 0.15) is 0 Å². The van der Waals surface area contributed by atoms with E-state index in [9.17, 15) is 0 Å². The summed E-state index contributed by atoms with van der Waals surface area (Å²) >= 11 is 0. The van der Waals surface area contributed by atoms with Crippen molar-refractivity contribution < 1.29 is 0 Å². The summed E-state index contributed by atoms with van der Waals surface area (Å²) < 4.78 is 0. The van der Waals surface area contributed by atoms with Crippen LogP contribution < -0.4 is 0 Å². The molecule has 0 saturated carbocycles. The van der Waals surface area contributed by atoms with Gasteiger partial charge in [-0.05, 0) is 193 Å². The van der Waals surface area contributed by atoms with Crippen molar-refractivity contribution in [3.63, 3.8) is 0 Å². The third-order valence-electron chi connectivity index (χ3n) is 23.3. The average Bonchev–Trinajstić information content (AvgIpc) is 0.923. The molecule has 0 aromatic rings. The number of unbranched alkanes of at least 4 members (excludes halogenated alkanes) is 59. The number of hydrogen-bond acceptors (Lipinski definition) is 5. The molecule has 0 N–H and O–H groups in total. The van der Waals surface area contributed by atoms with Crippen molar-refractivity contribution in [1.82, 2.24) is 24.5 Å². The van der Waals surface area contributed by atoms with Gasteiger partial charge in [0.2, 0.25) is 0 Å². The van der Waals surface area contributed by atoms with Gasteiger partial charge >= 0.3 is 0 Å². The lowest BCUT2D eigenvalue weighted by molar-refractivity contribution is 0.104. The second-order valence-electron chi connectivity index (χ2n) is 33.5. The molecule has 0 unspecified atom stereocenters. The normalized spacial score (nSPS) is 13.7. The molecule has 0 spiro atoms. The molecule has 0 aromatic heterocycles. The Morgan fingerprint density at radius 1 is 0.154 bits per heavy atom. The molecule has 1 aliphatic rings. The van der Waals surface area contributed by atoms with Gasteiger partial charge in [0.05, 0.1) is 0 Å². The van der Waals surface area contributed by atoms with Crippen LogP contribution in [0.1, 0.15) is 478 Å². The van der Waals surface area contributed by atoms with Crippen molar-refractivity contribution in [1.29, 1.82) is 0 Å². The van der Waals surface area contributed by atoms with Crippen LogP contribution in [0.3, 0.4) is 0 Å². The molecule has 1 heterocycles. The highest BCUT2D eigenvalue weighted by Crippen LogP contribution is 2.19. The second-order valence-corrected chi connectivity index (χ2v) is 33.5. The molecule has 0 atom stereocenters. The van der Waals surface area contributed by atoms with Crippen molar-refractivity contribution in [2.24, 2.45) is 0 Å². The molecule has 0 bridgehead atoms. The molecule has 5 nitrogen and oxygen atoms in total. The summed E-state index contributed by atoms with van der Waals surface area (Å²) in [7, 11) is 0. The van der Waals surface area contributed by atoms with E-state index in [1.807, 2.05) is 0 Å². The predicted octanol–water partition coefficient (Wildman–Crippen LogP) is 31.3. The van der Waals surface area contributed by atoms with Gasteiger partial charge in [0, 0.05) is 65.4 Å². The maximum Gasteiger partial charge on any atom is 0.0110 e. The van der Waals surface area contributed by atoms with Crippen LogP contribution in [-0.2, 0) is 0 Å². The number of piperazine rings is 1. The molecule has 0 aliphatic carbocycles. The Balaban J connectivity index is 2.86. The molecule has 614 valence electrons. The quantitative estimate of drug-likeness (QED) is 0.0444. The van der Waals surface area contributed by atoms with E-state index < -0.39 is 0 Å². The number of rotatable bonds is 88. The molecule has 1 saturated heterocycles. The Morgan fingerprint density at radius 3 is 0.462 bits per heavy atom. The van der Waals surface area contributed by atoms with Crippen LogP contribution in [0.15, 0.2) is 60.8 Å². The summed E-state index contributed by atoms with van der Waals surface area (Å²) in [6.07, 6.45) is 121. The molecule has 104 heavy (non-hydrogen) atoms. The van der Waals surface area contributed by atoms with Crippen LogP contribution in [0.25, 0.3) is 0 Å². The van der Waals surface area contributed by atoms with Crippen molar-refractivity contribution >= 4 is 0 Å². The smallest absolute Gasteiger partial charge is 0.0110 e. The first kappa shape index (κ1) is 101. The largest absolute Gasteiger partial charge is 0.302 e. The molecule has 0 aromatic carbocycles. The summed E-state index contributed by atoms with van der Waals surface area (Å²) in [5, 5.41) is 0. The zero-order valence-electron chi connectivity index (χ0n) is 72.4. The molecule has 1 aliphatic heterocycles. The Morgan fingerprint density at radius 2 is 0.288 bits per heavy atom. The molecular weight excluding hydrogens is 1260 g/mol. The number of nitrogens with zero attached hydrogens (tertiary/aromatic N) is 5. The van der Waals surface area contributed by atoms with Crippen LogP contribution in [0.2, 0.25) is 0 Å². The van der Waals surface area contributed by atoms with Crippen LogP contribution in [-0.4, -0.2) is 123 Å². The molecule has 5 heteroatoms. The zero-order valence-corrected chi connectivity index (χ0v) is 72.4. The van der Waals surface area contributed by atoms with Crippen LogP contribution in [0.4, 0.5) is 0 Å². The second kappa shape index (κ2) is 88.7. The van der Waals surface area contributed by atoms with Crippen molar-refractivity contribution in [3.8, 4) is 0 Å². The van der Waals surface area contributed by atoms with E-state index in [0.717, 1.165) is 0 Å². The SMILES string of the molecule is CCCCCCC/C=C\CCCCCCCN(CCN(CCCCCCCC/C=C\CCCCCCCC)CCCCCCCC/C=C\CCCCCCCC)CCN1CCN(CCN(CCCCCCCC/C=C\CCCCCCCC)CCCCCCCC/C=C\CCCCCCCCC)CC1. The monoisotopic (exact) mass is 1450 g/mol. The van der Waals surface area contributed by atoms with Gasteiger partial charge in [-0.15, -0.1) is 0 Å². The maximum atomic E-state index is 2.94. The first-order valence-corrected chi connectivity index (χ1v) is 48.5. The zero-order chi connectivity index (χ0) is 74.4. The summed E-state index contributed by atoms with van der Waals surface area (Å²) in [5.41, 5.74) is 0. The Kier molecular flexibility index (Phi) is 85.7. The fourth-order valence-electron chi connectivity index (χ4n) is 15.8. The first-order chi connectivity index (χ1) is 51.7. The average molecular weight is 1450 g/mol. The standard InChI is InChI=1S/C99H193N5/c1-6-11-16-21-26-31-36-41-46-50-54-59-63-68-73-78-83-88-101(87-82-77-72-67-62-58-53-49-44-39-34-29-24-19-14-9-4)91-94-103-96-98-104(99-97-103)95-93-102(89-84-79-74-69-64-55-45-40-35-30-25-20-15-10-5)92-90-100(85-80-75-70-65-60-56-51-47-42-37-32-27-22-17-12-7-2)86-81-76-71-66-61-57-52-48-43-38-33-28-23-18-13-8-3/h40,42-50H,6-39,41,51-99H2,1-5H3/b45-40-,47-42-,48-43-,49-44-,50-46-. The minimum absolute atomic E-state index is 1.25. The van der Waals surface area contributed by atoms with Crippen LogP contribution >= 0.6 is 0 Å². The molecule has 0 radical (unpaired) electrons. The van der Waals surface area contributed by atoms with Gasteiger partial charge in [0.15, 0.2) is 0 Å². The van der Waals surface area contributed by atoms with Crippen LogP contribution in [0, 0.1) is 0 Å². The lowest BCUT2D eigenvalue weighted by Gasteiger charge is -2.37. The van der Waals surface area contributed by atoms with E-state index >= 15 is 0 Å². The lowest BCUT2D eigenvalue weighted by Crippen LogP contribution is -2.50. The summed E-state index contributed by atoms with van der Waals surface area (Å²) in [5.74, 6) is 0. The van der Waals surface area contributed by atoms with Gasteiger partial charge in [-0.3, -0.25) is 9.80 Å². The highest BCUT2D eigenvalue weighted by molar-refractivity contribution is 4.85. The van der Waals surface area contributed by atoms with Gasteiger partial charge in [-0.25, -0.2) is 0 Å². The molecule has 0 amide bonds. The summed E-state index contributed by atoms with van der Waals surface area (Å²) in [6.45, 7) is 30.7. The molecule has 1 fully saturated rings. The van der Waals surface area contributed by atoms with E-state index in [0.29, 0.717) is 0 Å². The fourth-order valence-corrected chi connectivity index (χ4v) is 15.8. The van der Waals surface area contributed by atoms with E-state index in [-0.39, 0.29) is 0 Å². The first-order valence-electron chi connectivity index (χ1n) is 48.5. The van der Waals surface area contributed by atoms with Gasteiger partial charge in [0.25, 0.3) is 0 Å². The van der Waals surface area contributed by atoms with Gasteiger partial charge in [-0.2, -0.15) is 0 Å². The van der Waals surface area contributed by atoms with E-state index in [1.54, 1.807) is 0 Å². The van der Waals surface area contributed by atoms with Gasteiger partial charge in [-0.1, -0.05) is 378 Å². The minimum atomic E-state index is 1.25. The third-order valence-corrected chi connectivity index (χ3v) is 23.3. The molecule has 1 rings (SSSR count). The number of hydrogen-bond donors (Lipinski definition) is 0. The van der Waals surface area contributed by atoms with Crippen molar-refractivity contribution in [2.75, 3.05) is 98.2 Å². The van der Waals surface area contributed by atoms with Crippen LogP contribution in [0.5, 0.6) is 0 Å². The predicted molar refractivity (Wildman–Crippen MR) is 475 cm³/mol. The van der Waals surface area contributed by atoms with E-state index in [2.05, 4.69) is 120 Å². The highest BCUT2D eigenvalue weighted by atomic mass is 15.3. The summed E-state index contributed by atoms with van der Waals surface area (Å²) in [4.78, 5) is 14.5. The Bertz CT molecular complexity index is 1680. The molecular formula is C99H193N5. The lowest BCUT2D eigenvalue weighted by atomic mass is 10.1. The van der Waals surface area contributed by atoms with E-state index in [4.69, 9.17) is 0 Å². The third kappa shape index (κ3) is 78.6. The summed E-state index contributed by atoms with van der Waals surface area (Å²) in [6, 6.07) is 0. The minimum Gasteiger partial charge on any atom is -0.302 e.